The van der Waals surface area contributed by atoms with Crippen LogP contribution in [-0.4, -0.2) is 15.8 Å². The second-order valence-corrected chi connectivity index (χ2v) is 5.36. The van der Waals surface area contributed by atoms with Crippen molar-refractivity contribution in [2.45, 2.75) is 52.1 Å². The van der Waals surface area contributed by atoms with Gasteiger partial charge in [0.25, 0.3) is 5.56 Å². The molecule has 1 N–H and O–H groups in total. The SMILES string of the molecule is CCC(CC)Nc1c(Cl)cnn(CC2CC2)c1=O. The predicted octanol–water partition coefficient (Wildman–Crippen LogP) is 2.91. The van der Waals surface area contributed by atoms with Crippen LogP contribution >= 0.6 is 11.6 Å². The quantitative estimate of drug-likeness (QED) is 0.864. The summed E-state index contributed by atoms with van der Waals surface area (Å²) in [5.74, 6) is 0.623. The summed E-state index contributed by atoms with van der Waals surface area (Å²) in [6, 6.07) is 0.284. The predicted molar refractivity (Wildman–Crippen MR) is 74.2 cm³/mol. The Balaban J connectivity index is 2.23. The van der Waals surface area contributed by atoms with Crippen molar-refractivity contribution < 1.29 is 0 Å². The van der Waals surface area contributed by atoms with Crippen LogP contribution in [0.3, 0.4) is 0 Å². The molecule has 18 heavy (non-hydrogen) atoms. The van der Waals surface area contributed by atoms with Gasteiger partial charge in [0, 0.05) is 12.6 Å². The highest BCUT2D eigenvalue weighted by molar-refractivity contribution is 6.33. The van der Waals surface area contributed by atoms with Gasteiger partial charge in [0.15, 0.2) is 0 Å². The lowest BCUT2D eigenvalue weighted by Gasteiger charge is -2.17. The summed E-state index contributed by atoms with van der Waals surface area (Å²) in [5.41, 5.74) is 0.405. The van der Waals surface area contributed by atoms with E-state index < -0.39 is 0 Å². The first-order valence-electron chi connectivity index (χ1n) is 6.67. The van der Waals surface area contributed by atoms with Crippen LogP contribution in [0, 0.1) is 5.92 Å². The molecule has 1 aromatic rings. The Morgan fingerprint density at radius 2 is 2.17 bits per heavy atom. The van der Waals surface area contributed by atoms with Crippen LogP contribution in [-0.2, 0) is 6.54 Å². The summed E-state index contributed by atoms with van der Waals surface area (Å²) in [6.07, 6.45) is 5.91. The zero-order chi connectivity index (χ0) is 13.1. The Morgan fingerprint density at radius 3 is 2.72 bits per heavy atom. The monoisotopic (exact) mass is 269 g/mol. The molecule has 100 valence electrons. The van der Waals surface area contributed by atoms with E-state index >= 15 is 0 Å². The molecule has 1 fully saturated rings. The topological polar surface area (TPSA) is 46.9 Å². The number of anilines is 1. The molecule has 1 aliphatic carbocycles. The van der Waals surface area contributed by atoms with E-state index in [9.17, 15) is 4.79 Å². The van der Waals surface area contributed by atoms with Crippen molar-refractivity contribution in [1.29, 1.82) is 0 Å². The van der Waals surface area contributed by atoms with Crippen molar-refractivity contribution in [1.82, 2.24) is 9.78 Å². The van der Waals surface area contributed by atoms with Gasteiger partial charge in [-0.15, -0.1) is 0 Å². The molecule has 0 radical (unpaired) electrons. The van der Waals surface area contributed by atoms with Crippen molar-refractivity contribution in [2.24, 2.45) is 5.92 Å². The van der Waals surface area contributed by atoms with Crippen LogP contribution in [0.25, 0.3) is 0 Å². The Labute approximate surface area is 112 Å². The first-order chi connectivity index (χ1) is 8.65. The van der Waals surface area contributed by atoms with Gasteiger partial charge < -0.3 is 5.32 Å². The maximum atomic E-state index is 12.3. The van der Waals surface area contributed by atoms with Crippen molar-refractivity contribution in [3.05, 3.63) is 21.6 Å². The summed E-state index contributed by atoms with van der Waals surface area (Å²) in [6.45, 7) is 4.91. The van der Waals surface area contributed by atoms with Crippen LogP contribution in [0.2, 0.25) is 5.02 Å². The summed E-state index contributed by atoms with van der Waals surface area (Å²) in [5, 5.41) is 7.77. The number of aromatic nitrogens is 2. The number of nitrogens with zero attached hydrogens (tertiary/aromatic N) is 2. The molecule has 4 nitrogen and oxygen atoms in total. The summed E-state index contributed by atoms with van der Waals surface area (Å²) in [7, 11) is 0. The van der Waals surface area contributed by atoms with E-state index in [4.69, 9.17) is 11.6 Å². The number of hydrogen-bond acceptors (Lipinski definition) is 3. The van der Waals surface area contributed by atoms with Crippen LogP contribution < -0.4 is 10.9 Å². The fourth-order valence-electron chi connectivity index (χ4n) is 1.97. The molecule has 0 saturated heterocycles. The number of nitrogens with one attached hydrogen (secondary N) is 1. The first-order valence-corrected chi connectivity index (χ1v) is 7.05. The maximum Gasteiger partial charge on any atom is 0.291 e. The molecule has 2 rings (SSSR count). The largest absolute Gasteiger partial charge is 0.377 e. The minimum absolute atomic E-state index is 0.0960. The molecule has 0 unspecified atom stereocenters. The maximum absolute atomic E-state index is 12.3. The highest BCUT2D eigenvalue weighted by Crippen LogP contribution is 2.30. The van der Waals surface area contributed by atoms with Gasteiger partial charge in [0.1, 0.15) is 5.69 Å². The fourth-order valence-corrected chi connectivity index (χ4v) is 2.15. The van der Waals surface area contributed by atoms with Crippen LogP contribution in [0.5, 0.6) is 0 Å². The number of halogens is 1. The lowest BCUT2D eigenvalue weighted by molar-refractivity contribution is 0.533. The Bertz CT molecular complexity index is 464. The molecule has 5 heteroatoms. The third-order valence-corrected chi connectivity index (χ3v) is 3.75. The Kier molecular flexibility index (Phi) is 4.27. The molecule has 0 aromatic carbocycles. The summed E-state index contributed by atoms with van der Waals surface area (Å²) < 4.78 is 1.54. The average Bonchev–Trinajstić information content (AvgIpc) is 3.17. The summed E-state index contributed by atoms with van der Waals surface area (Å²) >= 11 is 6.07. The minimum atomic E-state index is -0.0960. The average molecular weight is 270 g/mol. The lowest BCUT2D eigenvalue weighted by Crippen LogP contribution is -2.30. The standard InChI is InChI=1S/C13H20ClN3O/c1-3-10(4-2)16-12-11(14)7-15-17(13(12)18)8-9-5-6-9/h7,9-10,16H,3-6,8H2,1-2H3. The van der Waals surface area contributed by atoms with Crippen molar-refractivity contribution >= 4 is 17.3 Å². The van der Waals surface area contributed by atoms with E-state index in [2.05, 4.69) is 24.3 Å². The van der Waals surface area contributed by atoms with Gasteiger partial charge >= 0.3 is 0 Å². The number of hydrogen-bond donors (Lipinski definition) is 1. The van der Waals surface area contributed by atoms with Gasteiger partial charge in [-0.25, -0.2) is 4.68 Å². The van der Waals surface area contributed by atoms with E-state index in [0.29, 0.717) is 23.2 Å². The molecule has 0 amide bonds. The van der Waals surface area contributed by atoms with E-state index in [1.165, 1.54) is 17.5 Å². The van der Waals surface area contributed by atoms with Gasteiger partial charge in [-0.2, -0.15) is 5.10 Å². The lowest BCUT2D eigenvalue weighted by atomic mass is 10.1. The van der Waals surface area contributed by atoms with Gasteiger partial charge in [-0.1, -0.05) is 25.4 Å². The van der Waals surface area contributed by atoms with Crippen LogP contribution in [0.1, 0.15) is 39.5 Å². The zero-order valence-electron chi connectivity index (χ0n) is 10.9. The highest BCUT2D eigenvalue weighted by atomic mass is 35.5. The molecule has 1 saturated carbocycles. The second kappa shape index (κ2) is 5.74. The molecule has 1 aromatic heterocycles. The molecule has 0 bridgehead atoms. The Morgan fingerprint density at radius 1 is 1.50 bits per heavy atom. The second-order valence-electron chi connectivity index (χ2n) is 4.96. The minimum Gasteiger partial charge on any atom is -0.377 e. The van der Waals surface area contributed by atoms with Crippen molar-refractivity contribution in [3.63, 3.8) is 0 Å². The fraction of sp³-hybridized carbons (Fsp3) is 0.692. The normalized spacial score (nSPS) is 15.1. The van der Waals surface area contributed by atoms with E-state index in [-0.39, 0.29) is 11.6 Å². The molecular weight excluding hydrogens is 250 g/mol. The highest BCUT2D eigenvalue weighted by Gasteiger charge is 2.23. The summed E-state index contributed by atoms with van der Waals surface area (Å²) in [4.78, 5) is 12.3. The van der Waals surface area contributed by atoms with E-state index in [1.54, 1.807) is 6.20 Å². The van der Waals surface area contributed by atoms with E-state index in [1.807, 2.05) is 0 Å². The Hall–Kier alpha value is -1.03. The molecule has 1 heterocycles. The van der Waals surface area contributed by atoms with Crippen molar-refractivity contribution in [2.75, 3.05) is 5.32 Å². The number of rotatable bonds is 6. The van der Waals surface area contributed by atoms with Crippen LogP contribution in [0.15, 0.2) is 11.0 Å². The molecule has 1 aliphatic rings. The zero-order valence-corrected chi connectivity index (χ0v) is 11.7. The van der Waals surface area contributed by atoms with Gasteiger partial charge in [0.05, 0.1) is 11.2 Å². The van der Waals surface area contributed by atoms with E-state index in [0.717, 1.165) is 12.8 Å². The third-order valence-electron chi connectivity index (χ3n) is 3.46. The first kappa shape index (κ1) is 13.4. The van der Waals surface area contributed by atoms with Crippen molar-refractivity contribution in [3.8, 4) is 0 Å². The molecule has 0 spiro atoms. The smallest absolute Gasteiger partial charge is 0.291 e. The van der Waals surface area contributed by atoms with Gasteiger partial charge in [-0.3, -0.25) is 4.79 Å². The molecular formula is C13H20ClN3O. The molecule has 0 atom stereocenters. The van der Waals surface area contributed by atoms with Gasteiger partial charge in [-0.05, 0) is 31.6 Å². The van der Waals surface area contributed by atoms with Gasteiger partial charge in [0.2, 0.25) is 0 Å². The third kappa shape index (κ3) is 3.05. The van der Waals surface area contributed by atoms with Crippen LogP contribution in [0.4, 0.5) is 5.69 Å². The molecule has 0 aliphatic heterocycles.